The Kier molecular flexibility index (Phi) is 6.45. The average Bonchev–Trinajstić information content (AvgIpc) is 3.29. The van der Waals surface area contributed by atoms with Gasteiger partial charge in [-0.25, -0.2) is 8.42 Å². The van der Waals surface area contributed by atoms with Gasteiger partial charge in [0.2, 0.25) is 0 Å². The Bertz CT molecular complexity index is 1930. The van der Waals surface area contributed by atoms with Crippen LogP contribution in [0.15, 0.2) is 120 Å². The van der Waals surface area contributed by atoms with Crippen molar-refractivity contribution in [3.05, 3.63) is 125 Å². The number of aliphatic hydroxyl groups is 1. The summed E-state index contributed by atoms with van der Waals surface area (Å²) in [6.07, 6.45) is -1.10. The number of fused-ring (bicyclic) bond motifs is 4. The number of nitro benzene ring substituents is 1. The number of anilines is 1. The molecule has 1 atom stereocenters. The van der Waals surface area contributed by atoms with Crippen molar-refractivity contribution in [3.63, 3.8) is 0 Å². The normalized spacial score (nSPS) is 12.6. The van der Waals surface area contributed by atoms with E-state index in [0.717, 1.165) is 26.1 Å². The van der Waals surface area contributed by atoms with Gasteiger partial charge in [0.05, 0.1) is 40.1 Å². The number of aliphatic hydroxyl groups excluding tert-OH is 1. The van der Waals surface area contributed by atoms with Gasteiger partial charge in [-0.05, 0) is 36.4 Å². The molecule has 0 spiro atoms. The zero-order chi connectivity index (χ0) is 27.9. The highest BCUT2D eigenvalue weighted by Gasteiger charge is 2.29. The molecule has 0 radical (unpaired) electrons. The summed E-state index contributed by atoms with van der Waals surface area (Å²) in [6, 6.07) is 33.1. The summed E-state index contributed by atoms with van der Waals surface area (Å²) >= 11 is 0. The van der Waals surface area contributed by atoms with Crippen molar-refractivity contribution in [2.24, 2.45) is 0 Å². The molecule has 0 bridgehead atoms. The molecule has 0 saturated heterocycles. The summed E-state index contributed by atoms with van der Waals surface area (Å²) in [5, 5.41) is 26.0. The highest BCUT2D eigenvalue weighted by molar-refractivity contribution is 7.92. The molecule has 9 heteroatoms. The third kappa shape index (κ3) is 4.35. The third-order valence-electron chi connectivity index (χ3n) is 7.12. The second kappa shape index (κ2) is 10.1. The molecule has 6 rings (SSSR count). The molecule has 5 aromatic carbocycles. The van der Waals surface area contributed by atoms with E-state index in [2.05, 4.69) is 0 Å². The van der Waals surface area contributed by atoms with Crippen LogP contribution in [0.3, 0.4) is 0 Å². The Morgan fingerprint density at radius 2 is 1.27 bits per heavy atom. The van der Waals surface area contributed by atoms with Gasteiger partial charge in [0.15, 0.2) is 0 Å². The molecular formula is C31H25N3O5S. The van der Waals surface area contributed by atoms with Crippen LogP contribution in [0.1, 0.15) is 0 Å². The number of non-ortho nitro benzene ring substituents is 1. The van der Waals surface area contributed by atoms with Gasteiger partial charge < -0.3 is 9.67 Å². The molecule has 0 saturated carbocycles. The number of rotatable bonds is 8. The molecule has 6 aromatic rings. The first-order chi connectivity index (χ1) is 19.4. The molecule has 1 heterocycles. The van der Waals surface area contributed by atoms with Crippen LogP contribution < -0.4 is 4.31 Å². The summed E-state index contributed by atoms with van der Waals surface area (Å²) in [7, 11) is -4.14. The second-order valence-corrected chi connectivity index (χ2v) is 11.4. The van der Waals surface area contributed by atoms with Crippen molar-refractivity contribution in [1.29, 1.82) is 0 Å². The summed E-state index contributed by atoms with van der Waals surface area (Å²) in [5.74, 6) is 0. The van der Waals surface area contributed by atoms with Gasteiger partial charge in [-0.2, -0.15) is 0 Å². The lowest BCUT2D eigenvalue weighted by Crippen LogP contribution is -2.39. The lowest BCUT2D eigenvalue weighted by molar-refractivity contribution is -0.383. The fourth-order valence-electron chi connectivity index (χ4n) is 5.36. The minimum absolute atomic E-state index is 0.0569. The lowest BCUT2D eigenvalue weighted by atomic mass is 10.1. The summed E-state index contributed by atoms with van der Waals surface area (Å²) < 4.78 is 31.2. The molecule has 0 amide bonds. The molecular weight excluding hydrogens is 526 g/mol. The van der Waals surface area contributed by atoms with Gasteiger partial charge in [-0.15, -0.1) is 0 Å². The van der Waals surface area contributed by atoms with E-state index in [0.29, 0.717) is 10.8 Å². The third-order valence-corrected chi connectivity index (χ3v) is 8.92. The SMILES string of the molecule is O=[N+]([O-])c1cccc2c(N(C[C@@H](O)Cn3c4ccccc4c4ccccc43)S(=O)(=O)c3ccccc3)cccc12. The monoisotopic (exact) mass is 551 g/mol. The smallest absolute Gasteiger partial charge is 0.277 e. The van der Waals surface area contributed by atoms with Crippen molar-refractivity contribution >= 4 is 54.0 Å². The molecule has 8 nitrogen and oxygen atoms in total. The van der Waals surface area contributed by atoms with Crippen LogP contribution in [0.25, 0.3) is 32.6 Å². The van der Waals surface area contributed by atoms with Gasteiger partial charge in [-0.3, -0.25) is 14.4 Å². The van der Waals surface area contributed by atoms with E-state index in [9.17, 15) is 23.6 Å². The Morgan fingerprint density at radius 3 is 1.93 bits per heavy atom. The van der Waals surface area contributed by atoms with Crippen LogP contribution in [0.5, 0.6) is 0 Å². The van der Waals surface area contributed by atoms with Crippen LogP contribution in [0.2, 0.25) is 0 Å². The number of benzene rings is 5. The minimum Gasteiger partial charge on any atom is -0.389 e. The zero-order valence-electron chi connectivity index (χ0n) is 21.3. The molecule has 1 N–H and O–H groups in total. The Labute approximate surface area is 230 Å². The quantitative estimate of drug-likeness (QED) is 0.181. The number of hydrogen-bond acceptors (Lipinski definition) is 5. The fourth-order valence-corrected chi connectivity index (χ4v) is 6.90. The zero-order valence-corrected chi connectivity index (χ0v) is 22.1. The van der Waals surface area contributed by atoms with E-state index in [4.69, 9.17) is 0 Å². The highest BCUT2D eigenvalue weighted by Crippen LogP contribution is 2.36. The number of sulfonamides is 1. The van der Waals surface area contributed by atoms with Crippen LogP contribution in [0.4, 0.5) is 11.4 Å². The van der Waals surface area contributed by atoms with Crippen LogP contribution in [-0.4, -0.2) is 35.7 Å². The van der Waals surface area contributed by atoms with Crippen molar-refractivity contribution in [3.8, 4) is 0 Å². The first-order valence-corrected chi connectivity index (χ1v) is 14.2. The first kappa shape index (κ1) is 25.5. The van der Waals surface area contributed by atoms with Gasteiger partial charge >= 0.3 is 0 Å². The molecule has 1 aromatic heterocycles. The molecule has 0 aliphatic heterocycles. The van der Waals surface area contributed by atoms with Crippen molar-refractivity contribution < 1.29 is 18.4 Å². The van der Waals surface area contributed by atoms with E-state index in [1.54, 1.807) is 42.5 Å². The van der Waals surface area contributed by atoms with Crippen molar-refractivity contribution in [2.75, 3.05) is 10.8 Å². The van der Waals surface area contributed by atoms with E-state index in [1.165, 1.54) is 24.3 Å². The highest BCUT2D eigenvalue weighted by atomic mass is 32.2. The molecule has 0 unspecified atom stereocenters. The predicted molar refractivity (Wildman–Crippen MR) is 157 cm³/mol. The van der Waals surface area contributed by atoms with Gasteiger partial charge in [0.1, 0.15) is 0 Å². The Morgan fingerprint density at radius 1 is 0.725 bits per heavy atom. The molecule has 40 heavy (non-hydrogen) atoms. The number of aromatic nitrogens is 1. The predicted octanol–water partition coefficient (Wildman–Crippen LogP) is 6.11. The number of para-hydroxylation sites is 2. The summed E-state index contributed by atoms with van der Waals surface area (Å²) in [6.45, 7) is -0.125. The van der Waals surface area contributed by atoms with Gasteiger partial charge in [0, 0.05) is 33.3 Å². The lowest BCUT2D eigenvalue weighted by Gasteiger charge is -2.28. The van der Waals surface area contributed by atoms with Gasteiger partial charge in [-0.1, -0.05) is 72.8 Å². The fraction of sp³-hybridized carbons (Fsp3) is 0.0968. The molecule has 200 valence electrons. The molecule has 0 fully saturated rings. The van der Waals surface area contributed by atoms with Gasteiger partial charge in [0.25, 0.3) is 15.7 Å². The largest absolute Gasteiger partial charge is 0.389 e. The second-order valence-electron chi connectivity index (χ2n) is 9.55. The minimum atomic E-state index is -4.14. The number of nitro groups is 1. The first-order valence-electron chi connectivity index (χ1n) is 12.7. The number of nitrogens with zero attached hydrogens (tertiary/aromatic N) is 3. The molecule has 0 aliphatic carbocycles. The van der Waals surface area contributed by atoms with E-state index >= 15 is 0 Å². The van der Waals surface area contributed by atoms with Crippen molar-refractivity contribution in [2.45, 2.75) is 17.5 Å². The topological polar surface area (TPSA) is 106 Å². The van der Waals surface area contributed by atoms with Crippen LogP contribution in [0, 0.1) is 10.1 Å². The Balaban J connectivity index is 1.47. The maximum Gasteiger partial charge on any atom is 0.277 e. The van der Waals surface area contributed by atoms with E-state index in [-0.39, 0.29) is 29.4 Å². The Hall–Kier alpha value is -4.73. The van der Waals surface area contributed by atoms with E-state index < -0.39 is 21.1 Å². The number of hydrogen-bond donors (Lipinski definition) is 1. The van der Waals surface area contributed by atoms with Crippen molar-refractivity contribution in [1.82, 2.24) is 4.57 Å². The summed E-state index contributed by atoms with van der Waals surface area (Å²) in [4.78, 5) is 11.3. The summed E-state index contributed by atoms with van der Waals surface area (Å²) in [5.41, 5.74) is 2.00. The standard InChI is InChI=1S/C31H25N3O5S/c35-22(20-32-28-16-6-4-12-24(28)25-13-5-7-17-29(25)32)21-33(40(38,39)23-10-2-1-3-11-23)30-18-8-15-27-26(30)14-9-19-31(27)34(36)37/h1-19,22,35H,20-21H2/t22-/m0/s1. The van der Waals surface area contributed by atoms with Crippen LogP contribution in [-0.2, 0) is 16.6 Å². The van der Waals surface area contributed by atoms with Crippen LogP contribution >= 0.6 is 0 Å². The maximum absolute atomic E-state index is 14.0. The maximum atomic E-state index is 14.0. The van der Waals surface area contributed by atoms with E-state index in [1.807, 2.05) is 53.1 Å². The average molecular weight is 552 g/mol. The molecule has 0 aliphatic rings.